The van der Waals surface area contributed by atoms with Crippen molar-refractivity contribution >= 4 is 17.8 Å². The molecule has 2 fully saturated rings. The summed E-state index contributed by atoms with van der Waals surface area (Å²) in [5.74, 6) is -4.93. The molecule has 3 rings (SSSR count). The molecule has 2 saturated heterocycles. The first kappa shape index (κ1) is 35.0. The van der Waals surface area contributed by atoms with E-state index in [1.165, 1.54) is 0 Å². The van der Waals surface area contributed by atoms with Crippen molar-refractivity contribution in [1.29, 1.82) is 0 Å². The van der Waals surface area contributed by atoms with Crippen LogP contribution in [0.25, 0.3) is 0 Å². The first-order chi connectivity index (χ1) is 18.2. The summed E-state index contributed by atoms with van der Waals surface area (Å²) in [6, 6.07) is -0.408. The SMILES string of the molecule is C[C@H](N)C(=O)N1CCC(Cn2cc(CN3CCOC(C)(C)C3)nn2)CC1.O=C(O)C(F)(F)F.O=C(O)C(F)(F)F. The molecule has 0 spiro atoms. The minimum atomic E-state index is -5.08. The van der Waals surface area contributed by atoms with Gasteiger partial charge >= 0.3 is 24.3 Å². The highest BCUT2D eigenvalue weighted by Gasteiger charge is 2.39. The van der Waals surface area contributed by atoms with Crippen molar-refractivity contribution in [3.8, 4) is 0 Å². The molecule has 1 atom stereocenters. The predicted molar refractivity (Wildman–Crippen MR) is 126 cm³/mol. The van der Waals surface area contributed by atoms with E-state index < -0.39 is 30.3 Å². The smallest absolute Gasteiger partial charge is 0.475 e. The maximum Gasteiger partial charge on any atom is 0.490 e. The van der Waals surface area contributed by atoms with Crippen LogP contribution in [-0.2, 0) is 32.2 Å². The van der Waals surface area contributed by atoms with Gasteiger partial charge in [-0.1, -0.05) is 5.21 Å². The molecule has 0 saturated carbocycles. The summed E-state index contributed by atoms with van der Waals surface area (Å²) in [7, 11) is 0. The molecular weight excluding hydrogens is 558 g/mol. The van der Waals surface area contributed by atoms with E-state index in [4.69, 9.17) is 30.3 Å². The molecule has 0 aliphatic carbocycles. The van der Waals surface area contributed by atoms with Gasteiger partial charge in [0.15, 0.2) is 0 Å². The fraction of sp³-hybridized carbons (Fsp3) is 0.773. The Balaban J connectivity index is 0.000000473. The minimum absolute atomic E-state index is 0.0555. The van der Waals surface area contributed by atoms with Crippen LogP contribution in [0.4, 0.5) is 26.3 Å². The minimum Gasteiger partial charge on any atom is -0.475 e. The number of carbonyl (C=O) groups excluding carboxylic acids is 1. The van der Waals surface area contributed by atoms with Gasteiger partial charge in [0.1, 0.15) is 0 Å². The van der Waals surface area contributed by atoms with Crippen molar-refractivity contribution in [3.63, 3.8) is 0 Å². The van der Waals surface area contributed by atoms with Crippen molar-refractivity contribution in [2.24, 2.45) is 11.7 Å². The third-order valence-electron chi connectivity index (χ3n) is 5.72. The van der Waals surface area contributed by atoms with E-state index in [2.05, 4.69) is 35.3 Å². The summed E-state index contributed by atoms with van der Waals surface area (Å²) in [6.45, 7) is 11.9. The van der Waals surface area contributed by atoms with Crippen LogP contribution in [0.5, 0.6) is 0 Å². The largest absolute Gasteiger partial charge is 0.490 e. The van der Waals surface area contributed by atoms with Gasteiger partial charge in [-0.25, -0.2) is 9.59 Å². The first-order valence-electron chi connectivity index (χ1n) is 12.1. The molecule has 1 amide bonds. The molecule has 3 heterocycles. The Kier molecular flexibility index (Phi) is 12.8. The maximum atomic E-state index is 12.0. The Hall–Kier alpha value is -2.99. The van der Waals surface area contributed by atoms with Gasteiger partial charge in [-0.3, -0.25) is 14.4 Å². The van der Waals surface area contributed by atoms with Gasteiger partial charge in [0, 0.05) is 45.5 Å². The van der Waals surface area contributed by atoms with Crippen LogP contribution < -0.4 is 5.73 Å². The van der Waals surface area contributed by atoms with Gasteiger partial charge in [0.25, 0.3) is 0 Å². The van der Waals surface area contributed by atoms with E-state index in [1.807, 2.05) is 9.58 Å². The fourth-order valence-corrected chi connectivity index (χ4v) is 3.87. The highest BCUT2D eigenvalue weighted by atomic mass is 19.4. The zero-order valence-electron chi connectivity index (χ0n) is 22.2. The van der Waals surface area contributed by atoms with E-state index in [0.717, 1.165) is 64.4 Å². The molecule has 0 bridgehead atoms. The summed E-state index contributed by atoms with van der Waals surface area (Å²) < 4.78 is 71.2. The second kappa shape index (κ2) is 14.6. The number of hydrogen-bond donors (Lipinski definition) is 3. The van der Waals surface area contributed by atoms with Gasteiger partial charge in [-0.2, -0.15) is 26.3 Å². The Morgan fingerprint density at radius 1 is 1.07 bits per heavy atom. The second-order valence-electron chi connectivity index (χ2n) is 9.91. The molecule has 2 aliphatic rings. The topological polar surface area (TPSA) is 164 Å². The number of nitrogens with zero attached hydrogens (tertiary/aromatic N) is 5. The van der Waals surface area contributed by atoms with Crippen LogP contribution in [0.3, 0.4) is 0 Å². The van der Waals surface area contributed by atoms with Gasteiger partial charge in [-0.05, 0) is 39.5 Å². The van der Waals surface area contributed by atoms with Gasteiger partial charge < -0.3 is 25.6 Å². The van der Waals surface area contributed by atoms with Crippen LogP contribution in [0.15, 0.2) is 6.20 Å². The van der Waals surface area contributed by atoms with Crippen molar-refractivity contribution in [2.75, 3.05) is 32.8 Å². The predicted octanol–water partition coefficient (Wildman–Crippen LogP) is 1.74. The van der Waals surface area contributed by atoms with Crippen molar-refractivity contribution in [3.05, 3.63) is 11.9 Å². The van der Waals surface area contributed by atoms with Crippen molar-refractivity contribution < 1.29 is 55.7 Å². The number of amides is 1. The molecule has 0 aromatic carbocycles. The molecular formula is C22H34F6N6O6. The Morgan fingerprint density at radius 3 is 2.00 bits per heavy atom. The number of carboxylic acids is 2. The number of aromatic nitrogens is 3. The Bertz CT molecular complexity index is 952. The highest BCUT2D eigenvalue weighted by Crippen LogP contribution is 2.21. The number of nitrogens with two attached hydrogens (primary N) is 1. The number of morpholine rings is 1. The summed E-state index contributed by atoms with van der Waals surface area (Å²) in [4.78, 5) is 34.0. The number of ether oxygens (including phenoxy) is 1. The van der Waals surface area contributed by atoms with E-state index in [0.29, 0.717) is 5.92 Å². The van der Waals surface area contributed by atoms with E-state index in [1.54, 1.807) is 6.92 Å². The first-order valence-corrected chi connectivity index (χ1v) is 12.1. The van der Waals surface area contributed by atoms with Crippen molar-refractivity contribution in [1.82, 2.24) is 24.8 Å². The number of piperidine rings is 1. The average Bonchev–Trinajstić information content (AvgIpc) is 3.24. The normalized spacial score (nSPS) is 19.0. The highest BCUT2D eigenvalue weighted by molar-refractivity contribution is 5.81. The lowest BCUT2D eigenvalue weighted by molar-refractivity contribution is -0.193. The van der Waals surface area contributed by atoms with Crippen LogP contribution in [-0.4, -0.2) is 110 Å². The summed E-state index contributed by atoms with van der Waals surface area (Å²) in [6.07, 6.45) is -6.13. The summed E-state index contributed by atoms with van der Waals surface area (Å²) in [5.41, 5.74) is 6.61. The van der Waals surface area contributed by atoms with Crippen LogP contribution in [0, 0.1) is 5.92 Å². The second-order valence-corrected chi connectivity index (χ2v) is 9.91. The molecule has 4 N–H and O–H groups in total. The van der Waals surface area contributed by atoms with Gasteiger partial charge in [-0.15, -0.1) is 5.10 Å². The zero-order chi connectivity index (χ0) is 30.9. The number of aliphatic carboxylic acids is 2. The maximum absolute atomic E-state index is 12.0. The lowest BCUT2D eigenvalue weighted by Gasteiger charge is -2.37. The molecule has 2 aliphatic heterocycles. The standard InChI is InChI=1S/C18H32N6O2.2C2HF3O2/c1-14(19)17(25)23-6-4-15(5-7-23)10-24-12-16(20-21-24)11-22-8-9-26-18(2,3)13-22;2*3-2(4,5)1(6)7/h12,14-15H,4-11,13,19H2,1-3H3;2*(H,6,7)/t14-;;/m0../s1. The number of halogens is 6. The quantitative estimate of drug-likeness (QED) is 0.429. The van der Waals surface area contributed by atoms with Crippen molar-refractivity contribution in [2.45, 2.75) is 70.7 Å². The third kappa shape index (κ3) is 12.9. The van der Waals surface area contributed by atoms with Crippen LogP contribution >= 0.6 is 0 Å². The number of likely N-dealkylation sites (tertiary alicyclic amines) is 1. The molecule has 0 radical (unpaired) electrons. The Morgan fingerprint density at radius 2 is 1.57 bits per heavy atom. The Labute approximate surface area is 226 Å². The summed E-state index contributed by atoms with van der Waals surface area (Å²) >= 11 is 0. The zero-order valence-corrected chi connectivity index (χ0v) is 22.2. The van der Waals surface area contributed by atoms with Crippen LogP contribution in [0.2, 0.25) is 0 Å². The lowest BCUT2D eigenvalue weighted by Crippen LogP contribution is -2.47. The van der Waals surface area contributed by atoms with Crippen LogP contribution in [0.1, 0.15) is 39.3 Å². The number of carboxylic acid groups (broad SMARTS) is 2. The number of hydrogen-bond acceptors (Lipinski definition) is 8. The van der Waals surface area contributed by atoms with Gasteiger partial charge in [0.2, 0.25) is 5.91 Å². The van der Waals surface area contributed by atoms with E-state index in [-0.39, 0.29) is 11.5 Å². The molecule has 1 aromatic heterocycles. The van der Waals surface area contributed by atoms with E-state index in [9.17, 15) is 31.1 Å². The monoisotopic (exact) mass is 592 g/mol. The molecule has 0 unspecified atom stereocenters. The lowest BCUT2D eigenvalue weighted by atomic mass is 9.96. The average molecular weight is 593 g/mol. The molecule has 1 aromatic rings. The fourth-order valence-electron chi connectivity index (χ4n) is 3.87. The molecule has 230 valence electrons. The number of alkyl halides is 6. The molecule has 12 nitrogen and oxygen atoms in total. The van der Waals surface area contributed by atoms with Gasteiger partial charge in [0.05, 0.1) is 23.9 Å². The van der Waals surface area contributed by atoms with E-state index >= 15 is 0 Å². The third-order valence-corrected chi connectivity index (χ3v) is 5.72. The number of rotatable bonds is 5. The number of carbonyl (C=O) groups is 3. The summed E-state index contributed by atoms with van der Waals surface area (Å²) in [5, 5.41) is 22.9. The molecule has 18 heteroatoms. The molecule has 40 heavy (non-hydrogen) atoms.